The maximum absolute atomic E-state index is 13.5. The van der Waals surface area contributed by atoms with Crippen LogP contribution in [0.25, 0.3) is 0 Å². The molecule has 1 saturated carbocycles. The van der Waals surface area contributed by atoms with Crippen molar-refractivity contribution >= 4 is 17.3 Å². The van der Waals surface area contributed by atoms with Crippen molar-refractivity contribution in [3.05, 3.63) is 64.2 Å². The molecule has 0 saturated heterocycles. The van der Waals surface area contributed by atoms with Crippen LogP contribution in [0.4, 0.5) is 5.69 Å². The number of amides is 1. The molecule has 1 atom stereocenters. The summed E-state index contributed by atoms with van der Waals surface area (Å²) in [6.07, 6.45) is 8.61. The van der Waals surface area contributed by atoms with Crippen LogP contribution in [0.2, 0.25) is 0 Å². The molecule has 1 amide bonds. The lowest BCUT2D eigenvalue weighted by Crippen LogP contribution is -2.29. The van der Waals surface area contributed by atoms with E-state index in [0.29, 0.717) is 13.0 Å². The van der Waals surface area contributed by atoms with E-state index >= 15 is 0 Å². The van der Waals surface area contributed by atoms with Crippen molar-refractivity contribution in [3.63, 3.8) is 0 Å². The molecule has 1 heterocycles. The first-order valence-electron chi connectivity index (χ1n) is 12.9. The van der Waals surface area contributed by atoms with Crippen molar-refractivity contribution in [2.24, 2.45) is 5.92 Å². The quantitative estimate of drug-likeness (QED) is 0.382. The van der Waals surface area contributed by atoms with Gasteiger partial charge in [0.1, 0.15) is 0 Å². The fraction of sp³-hybridized carbons (Fsp3) is 0.517. The molecule has 1 unspecified atom stereocenters. The van der Waals surface area contributed by atoms with Gasteiger partial charge in [-0.3, -0.25) is 4.79 Å². The van der Waals surface area contributed by atoms with Crippen LogP contribution >= 0.6 is 0 Å². The Morgan fingerprint density at radius 2 is 2.00 bits per heavy atom. The summed E-state index contributed by atoms with van der Waals surface area (Å²) in [6.45, 7) is 8.25. The molecule has 4 heteroatoms. The first-order chi connectivity index (χ1) is 16.0. The van der Waals surface area contributed by atoms with Crippen molar-refractivity contribution in [3.8, 4) is 0 Å². The zero-order chi connectivity index (χ0) is 23.4. The number of benzene rings is 2. The van der Waals surface area contributed by atoms with Crippen molar-refractivity contribution in [1.82, 2.24) is 5.32 Å². The van der Waals surface area contributed by atoms with E-state index < -0.39 is 0 Å². The lowest BCUT2D eigenvalue weighted by molar-refractivity contribution is 0.0996. The fourth-order valence-electron chi connectivity index (χ4n) is 5.09. The molecular formula is C29H39N3O. The third kappa shape index (κ3) is 5.38. The van der Waals surface area contributed by atoms with Crippen LogP contribution in [0.5, 0.6) is 0 Å². The molecule has 176 valence electrons. The molecule has 2 N–H and O–H groups in total. The molecule has 1 aliphatic heterocycles. The Labute approximate surface area is 199 Å². The van der Waals surface area contributed by atoms with Gasteiger partial charge in [-0.1, -0.05) is 51.3 Å². The van der Waals surface area contributed by atoms with Crippen molar-refractivity contribution in [2.75, 3.05) is 11.4 Å². The largest absolute Gasteiger partial charge is 0.310 e. The number of carbonyl (C=O) groups is 1. The predicted molar refractivity (Wildman–Crippen MR) is 137 cm³/mol. The third-order valence-electron chi connectivity index (χ3n) is 7.30. The first kappa shape index (κ1) is 23.7. The van der Waals surface area contributed by atoms with Crippen LogP contribution in [0.3, 0.4) is 0 Å². The standard InChI is InChI=1S/C29H39N3O/c1-4-8-23-16-24(20(3)31-18-21-10-6-11-21)17-27-28(23)19-32(29(27)33)26-13-7-12-22(15-26)14-25(30)9-5-2/h7,12-13,15-17,20-21,30-31H,4-6,8-11,14,18-19H2,1-3H3. The van der Waals surface area contributed by atoms with Crippen molar-refractivity contribution in [2.45, 2.75) is 84.7 Å². The lowest BCUT2D eigenvalue weighted by atomic mass is 9.85. The van der Waals surface area contributed by atoms with Crippen LogP contribution in [0.15, 0.2) is 36.4 Å². The molecule has 0 aromatic heterocycles. The average molecular weight is 446 g/mol. The van der Waals surface area contributed by atoms with Gasteiger partial charge in [0.05, 0.1) is 6.54 Å². The van der Waals surface area contributed by atoms with Gasteiger partial charge in [0.15, 0.2) is 0 Å². The van der Waals surface area contributed by atoms with E-state index in [-0.39, 0.29) is 11.9 Å². The zero-order valence-corrected chi connectivity index (χ0v) is 20.5. The summed E-state index contributed by atoms with van der Waals surface area (Å²) < 4.78 is 0. The van der Waals surface area contributed by atoms with E-state index in [4.69, 9.17) is 5.41 Å². The van der Waals surface area contributed by atoms with Crippen LogP contribution < -0.4 is 10.2 Å². The van der Waals surface area contributed by atoms with E-state index in [2.05, 4.69) is 50.4 Å². The minimum Gasteiger partial charge on any atom is -0.310 e. The minimum atomic E-state index is 0.108. The second-order valence-corrected chi connectivity index (χ2v) is 9.97. The molecule has 2 aromatic carbocycles. The van der Waals surface area contributed by atoms with Gasteiger partial charge in [-0.05, 0) is 85.5 Å². The Balaban J connectivity index is 1.56. The fourth-order valence-corrected chi connectivity index (χ4v) is 5.09. The van der Waals surface area contributed by atoms with E-state index in [1.165, 1.54) is 36.0 Å². The zero-order valence-electron chi connectivity index (χ0n) is 20.5. The monoisotopic (exact) mass is 445 g/mol. The van der Waals surface area contributed by atoms with Gasteiger partial charge in [-0.2, -0.15) is 0 Å². The average Bonchev–Trinajstić information content (AvgIpc) is 3.10. The van der Waals surface area contributed by atoms with Gasteiger partial charge in [-0.25, -0.2) is 0 Å². The number of carbonyl (C=O) groups excluding carboxylic acids is 1. The minimum absolute atomic E-state index is 0.108. The Bertz CT molecular complexity index is 1010. The number of rotatable bonds is 11. The van der Waals surface area contributed by atoms with Crippen molar-refractivity contribution < 1.29 is 4.79 Å². The SMILES string of the molecule is CCCC(=N)Cc1cccc(N2Cc3c(CCC)cc(C(C)NCC4CCC4)cc3C2=O)c1. The van der Waals surface area contributed by atoms with Gasteiger partial charge >= 0.3 is 0 Å². The molecule has 0 radical (unpaired) electrons. The summed E-state index contributed by atoms with van der Waals surface area (Å²) >= 11 is 0. The second kappa shape index (κ2) is 10.6. The third-order valence-corrected chi connectivity index (χ3v) is 7.30. The number of anilines is 1. The number of nitrogens with zero attached hydrogens (tertiary/aromatic N) is 1. The summed E-state index contributed by atoms with van der Waals surface area (Å²) in [7, 11) is 0. The van der Waals surface area contributed by atoms with Crippen LogP contribution in [0.1, 0.15) is 97.9 Å². The topological polar surface area (TPSA) is 56.2 Å². The molecule has 4 rings (SSSR count). The molecule has 1 aliphatic carbocycles. The maximum Gasteiger partial charge on any atom is 0.258 e. The Hall–Kier alpha value is -2.46. The van der Waals surface area contributed by atoms with Gasteiger partial charge < -0.3 is 15.6 Å². The molecule has 0 bridgehead atoms. The number of fused-ring (bicyclic) bond motifs is 1. The molecule has 33 heavy (non-hydrogen) atoms. The lowest BCUT2D eigenvalue weighted by Gasteiger charge is -2.27. The highest BCUT2D eigenvalue weighted by molar-refractivity contribution is 6.10. The van der Waals surface area contributed by atoms with Crippen molar-refractivity contribution in [1.29, 1.82) is 5.41 Å². The molecule has 2 aliphatic rings. The smallest absolute Gasteiger partial charge is 0.258 e. The highest BCUT2D eigenvalue weighted by Gasteiger charge is 2.31. The number of nitrogens with one attached hydrogen (secondary N) is 2. The van der Waals surface area contributed by atoms with E-state index in [9.17, 15) is 4.79 Å². The number of hydrogen-bond donors (Lipinski definition) is 2. The van der Waals surface area contributed by atoms with Gasteiger partial charge in [0, 0.05) is 29.4 Å². The van der Waals surface area contributed by atoms with E-state index in [1.807, 2.05) is 17.0 Å². The van der Waals surface area contributed by atoms with Gasteiger partial charge in [-0.15, -0.1) is 0 Å². The van der Waals surface area contributed by atoms with E-state index in [0.717, 1.165) is 60.7 Å². The second-order valence-electron chi connectivity index (χ2n) is 9.97. The Morgan fingerprint density at radius 1 is 1.18 bits per heavy atom. The predicted octanol–water partition coefficient (Wildman–Crippen LogP) is 6.61. The van der Waals surface area contributed by atoms with E-state index in [1.54, 1.807) is 0 Å². The summed E-state index contributed by atoms with van der Waals surface area (Å²) in [6, 6.07) is 12.9. The Morgan fingerprint density at radius 3 is 2.70 bits per heavy atom. The molecule has 4 nitrogen and oxygen atoms in total. The van der Waals surface area contributed by atoms with Gasteiger partial charge in [0.2, 0.25) is 0 Å². The normalized spacial score (nSPS) is 16.6. The molecule has 1 fully saturated rings. The maximum atomic E-state index is 13.5. The number of aryl methyl sites for hydroxylation is 1. The number of hydrogen-bond acceptors (Lipinski definition) is 3. The summed E-state index contributed by atoms with van der Waals surface area (Å²) in [5.41, 5.74) is 7.42. The molecule has 2 aromatic rings. The van der Waals surface area contributed by atoms with Gasteiger partial charge in [0.25, 0.3) is 5.91 Å². The highest BCUT2D eigenvalue weighted by atomic mass is 16.2. The van der Waals surface area contributed by atoms with Crippen LogP contribution in [-0.2, 0) is 19.4 Å². The van der Waals surface area contributed by atoms with Crippen LogP contribution in [-0.4, -0.2) is 18.2 Å². The van der Waals surface area contributed by atoms with Crippen LogP contribution in [0, 0.1) is 11.3 Å². The summed E-state index contributed by atoms with van der Waals surface area (Å²) in [4.78, 5) is 15.5. The summed E-state index contributed by atoms with van der Waals surface area (Å²) in [5, 5.41) is 11.9. The highest BCUT2D eigenvalue weighted by Crippen LogP contribution is 2.34. The Kier molecular flexibility index (Phi) is 7.64. The first-order valence-corrected chi connectivity index (χ1v) is 12.9. The molecule has 0 spiro atoms. The summed E-state index contributed by atoms with van der Waals surface area (Å²) in [5.74, 6) is 0.927. The molecular weight excluding hydrogens is 406 g/mol.